The highest BCUT2D eigenvalue weighted by Gasteiger charge is 2.57. The molecule has 1 saturated carbocycles. The maximum absolute atomic E-state index is 14.4. The summed E-state index contributed by atoms with van der Waals surface area (Å²) >= 11 is 0. The molecule has 3 N–H and O–H groups in total. The first-order valence-electron chi connectivity index (χ1n) is 11.7. The van der Waals surface area contributed by atoms with E-state index in [0.717, 1.165) is 44.3 Å². The number of aromatic nitrogens is 2. The predicted molar refractivity (Wildman–Crippen MR) is 129 cm³/mol. The fraction of sp³-hybridized carbons (Fsp3) is 0.296. The maximum atomic E-state index is 14.4. The Morgan fingerprint density at radius 1 is 1.23 bits per heavy atom. The molecule has 2 amide bonds. The molecule has 178 valence electrons. The molecule has 1 aliphatic heterocycles. The number of carbonyl (C=O) groups excluding carboxylic acids is 2. The van der Waals surface area contributed by atoms with Crippen LogP contribution in [0.2, 0.25) is 0 Å². The number of nitrogens with zero attached hydrogens (tertiary/aromatic N) is 2. The van der Waals surface area contributed by atoms with E-state index in [0.29, 0.717) is 38.8 Å². The standard InChI is InChI=1S/C27H25FN4O3/c1-35-22-7-6-15(12-18(22)28)13-20-24-23(16-4-2-3-5-19(16)31-24)17-8-11-32(14-21(17)30-20)26(34)27(9-10-27)25(29)33/h2-7,12,31H,8-11,13-14H2,1H3,(H2,29,33). The van der Waals surface area contributed by atoms with E-state index < -0.39 is 17.1 Å². The maximum Gasteiger partial charge on any atom is 0.238 e. The summed E-state index contributed by atoms with van der Waals surface area (Å²) in [5, 5.41) is 2.19. The van der Waals surface area contributed by atoms with Gasteiger partial charge in [-0.05, 0) is 48.6 Å². The number of pyridine rings is 1. The number of fused-ring (bicyclic) bond motifs is 5. The van der Waals surface area contributed by atoms with Crippen LogP contribution in [-0.4, -0.2) is 40.3 Å². The Labute approximate surface area is 201 Å². The van der Waals surface area contributed by atoms with Crippen LogP contribution in [0.5, 0.6) is 5.75 Å². The molecular weight excluding hydrogens is 447 g/mol. The lowest BCUT2D eigenvalue weighted by Crippen LogP contribution is -2.45. The molecule has 1 fully saturated rings. The fourth-order valence-corrected chi connectivity index (χ4v) is 5.32. The lowest BCUT2D eigenvalue weighted by molar-refractivity contribution is -0.143. The van der Waals surface area contributed by atoms with Gasteiger partial charge in [-0.15, -0.1) is 0 Å². The number of rotatable bonds is 5. The molecule has 0 saturated heterocycles. The van der Waals surface area contributed by atoms with Crippen molar-refractivity contribution in [3.63, 3.8) is 0 Å². The van der Waals surface area contributed by atoms with Gasteiger partial charge in [-0.25, -0.2) is 4.39 Å². The number of hydrogen-bond acceptors (Lipinski definition) is 4. The highest BCUT2D eigenvalue weighted by Crippen LogP contribution is 2.47. The van der Waals surface area contributed by atoms with Crippen molar-refractivity contribution >= 4 is 33.6 Å². The smallest absolute Gasteiger partial charge is 0.238 e. The van der Waals surface area contributed by atoms with Gasteiger partial charge in [0.2, 0.25) is 11.8 Å². The number of ether oxygens (including phenoxy) is 1. The van der Waals surface area contributed by atoms with Gasteiger partial charge in [0.1, 0.15) is 5.41 Å². The van der Waals surface area contributed by atoms with E-state index in [1.807, 2.05) is 24.3 Å². The van der Waals surface area contributed by atoms with Crippen molar-refractivity contribution in [1.29, 1.82) is 0 Å². The number of hydrogen-bond donors (Lipinski definition) is 2. The lowest BCUT2D eigenvalue weighted by Gasteiger charge is -2.31. The van der Waals surface area contributed by atoms with Gasteiger partial charge in [0, 0.05) is 29.3 Å². The molecule has 2 aromatic heterocycles. The van der Waals surface area contributed by atoms with E-state index in [2.05, 4.69) is 11.1 Å². The predicted octanol–water partition coefficient (Wildman–Crippen LogP) is 3.60. The van der Waals surface area contributed by atoms with Crippen molar-refractivity contribution in [3.05, 3.63) is 70.8 Å². The molecule has 0 atom stereocenters. The van der Waals surface area contributed by atoms with Gasteiger partial charge in [-0.2, -0.15) is 0 Å². The van der Waals surface area contributed by atoms with Crippen molar-refractivity contribution in [2.75, 3.05) is 13.7 Å². The van der Waals surface area contributed by atoms with Crippen LogP contribution in [0, 0.1) is 11.2 Å². The average molecular weight is 473 g/mol. The monoisotopic (exact) mass is 472 g/mol. The van der Waals surface area contributed by atoms with Gasteiger partial charge in [0.15, 0.2) is 11.6 Å². The van der Waals surface area contributed by atoms with Crippen molar-refractivity contribution in [2.24, 2.45) is 11.1 Å². The third-order valence-corrected chi connectivity index (χ3v) is 7.39. The molecule has 0 unspecified atom stereocenters. The zero-order valence-corrected chi connectivity index (χ0v) is 19.4. The van der Waals surface area contributed by atoms with Crippen LogP contribution < -0.4 is 10.5 Å². The van der Waals surface area contributed by atoms with Crippen LogP contribution in [-0.2, 0) is 29.0 Å². The van der Waals surface area contributed by atoms with Crippen LogP contribution in [0.15, 0.2) is 42.5 Å². The largest absolute Gasteiger partial charge is 0.494 e. The first-order valence-corrected chi connectivity index (χ1v) is 11.7. The Balaban J connectivity index is 1.46. The first-order chi connectivity index (χ1) is 16.9. The van der Waals surface area contributed by atoms with Gasteiger partial charge >= 0.3 is 0 Å². The van der Waals surface area contributed by atoms with E-state index in [1.54, 1.807) is 11.0 Å². The molecule has 0 radical (unpaired) electrons. The molecule has 0 spiro atoms. The van der Waals surface area contributed by atoms with E-state index in [-0.39, 0.29) is 11.7 Å². The Morgan fingerprint density at radius 2 is 2.03 bits per heavy atom. The SMILES string of the molecule is COc1ccc(Cc2nc3c(c4c2[nH]c2ccccc24)CCN(C(=O)C2(C(N)=O)CC2)C3)cc1F. The lowest BCUT2D eigenvalue weighted by atomic mass is 9.95. The second-order valence-corrected chi connectivity index (χ2v) is 9.47. The van der Waals surface area contributed by atoms with Gasteiger partial charge < -0.3 is 20.4 Å². The summed E-state index contributed by atoms with van der Waals surface area (Å²) in [7, 11) is 1.44. The fourth-order valence-electron chi connectivity index (χ4n) is 5.32. The van der Waals surface area contributed by atoms with Crippen molar-refractivity contribution < 1.29 is 18.7 Å². The van der Waals surface area contributed by atoms with E-state index in [1.165, 1.54) is 13.2 Å². The third-order valence-electron chi connectivity index (χ3n) is 7.39. The summed E-state index contributed by atoms with van der Waals surface area (Å²) < 4.78 is 19.4. The summed E-state index contributed by atoms with van der Waals surface area (Å²) in [6.07, 6.45) is 2.07. The molecule has 2 aromatic carbocycles. The molecule has 7 nitrogen and oxygen atoms in total. The number of primary amides is 1. The minimum absolute atomic E-state index is 0.195. The number of nitrogens with two attached hydrogens (primary N) is 1. The molecule has 3 heterocycles. The number of amides is 2. The normalized spacial score (nSPS) is 16.3. The zero-order valence-electron chi connectivity index (χ0n) is 19.4. The minimum atomic E-state index is -1.05. The van der Waals surface area contributed by atoms with Crippen LogP contribution in [0.25, 0.3) is 21.8 Å². The van der Waals surface area contributed by atoms with Gasteiger partial charge in [0.25, 0.3) is 0 Å². The number of nitrogens with one attached hydrogen (secondary N) is 1. The van der Waals surface area contributed by atoms with Crippen LogP contribution in [0.4, 0.5) is 4.39 Å². The molecule has 35 heavy (non-hydrogen) atoms. The Kier molecular flexibility index (Phi) is 4.81. The number of aromatic amines is 1. The number of benzene rings is 2. The van der Waals surface area contributed by atoms with Crippen molar-refractivity contribution in [1.82, 2.24) is 14.9 Å². The summed E-state index contributed by atoms with van der Waals surface area (Å²) in [5.41, 5.74) is 9.91. The third kappa shape index (κ3) is 3.35. The van der Waals surface area contributed by atoms with Crippen LogP contribution in [0.3, 0.4) is 0 Å². The van der Waals surface area contributed by atoms with Gasteiger partial charge in [0.05, 0.1) is 30.6 Å². The van der Waals surface area contributed by atoms with Crippen LogP contribution >= 0.6 is 0 Å². The molecule has 8 heteroatoms. The quantitative estimate of drug-likeness (QED) is 0.433. The number of halogens is 1. The molecule has 2 aliphatic rings. The van der Waals surface area contributed by atoms with Gasteiger partial charge in [-0.1, -0.05) is 24.3 Å². The van der Waals surface area contributed by atoms with E-state index >= 15 is 0 Å². The average Bonchev–Trinajstić information content (AvgIpc) is 3.58. The van der Waals surface area contributed by atoms with E-state index in [9.17, 15) is 14.0 Å². The molecular formula is C27H25FN4O3. The highest BCUT2D eigenvalue weighted by atomic mass is 19.1. The second kappa shape index (κ2) is 7.80. The minimum Gasteiger partial charge on any atom is -0.494 e. The Morgan fingerprint density at radius 3 is 2.74 bits per heavy atom. The number of H-pyrrole nitrogens is 1. The molecule has 1 aliphatic carbocycles. The summed E-state index contributed by atoms with van der Waals surface area (Å²) in [6, 6.07) is 13.0. The zero-order chi connectivity index (χ0) is 24.3. The van der Waals surface area contributed by atoms with Gasteiger partial charge in [-0.3, -0.25) is 14.6 Å². The molecule has 0 bridgehead atoms. The number of para-hydroxylation sites is 1. The second-order valence-electron chi connectivity index (χ2n) is 9.47. The first kappa shape index (κ1) is 21.6. The topological polar surface area (TPSA) is 101 Å². The molecule has 4 aromatic rings. The summed E-state index contributed by atoms with van der Waals surface area (Å²) in [4.78, 5) is 35.3. The summed E-state index contributed by atoms with van der Waals surface area (Å²) in [6.45, 7) is 0.836. The highest BCUT2D eigenvalue weighted by molar-refractivity contribution is 6.10. The van der Waals surface area contributed by atoms with Crippen LogP contribution in [0.1, 0.15) is 35.4 Å². The Bertz CT molecular complexity index is 1520. The molecule has 6 rings (SSSR count). The van der Waals surface area contributed by atoms with Crippen molar-refractivity contribution in [2.45, 2.75) is 32.2 Å². The number of methoxy groups -OCH3 is 1. The Hall–Kier alpha value is -3.94. The summed E-state index contributed by atoms with van der Waals surface area (Å²) in [5.74, 6) is -0.972. The number of carbonyl (C=O) groups is 2. The van der Waals surface area contributed by atoms with E-state index in [4.69, 9.17) is 15.5 Å². The van der Waals surface area contributed by atoms with Crippen molar-refractivity contribution in [3.8, 4) is 5.75 Å².